The molecule has 0 spiro atoms. The fourth-order valence-corrected chi connectivity index (χ4v) is 10.6. The Labute approximate surface area is 472 Å². The van der Waals surface area contributed by atoms with Crippen molar-refractivity contribution in [3.8, 4) is 0 Å². The molecule has 466 valence electrons. The van der Waals surface area contributed by atoms with E-state index in [1.807, 2.05) is 6.08 Å². The van der Waals surface area contributed by atoms with E-state index < -0.39 is 150 Å². The molecular weight excluding hydrogens is 1070 g/mol. The molecule has 12 N–H and O–H groups in total. The molecule has 23 nitrogen and oxygen atoms in total. The van der Waals surface area contributed by atoms with Gasteiger partial charge in [-0.05, 0) is 44.9 Å². The first-order chi connectivity index (χ1) is 38.4. The van der Waals surface area contributed by atoms with Crippen LogP contribution >= 0.6 is 7.82 Å². The Hall–Kier alpha value is -2.33. The van der Waals surface area contributed by atoms with Crippen LogP contribution in [0.5, 0.6) is 0 Å². The van der Waals surface area contributed by atoms with E-state index in [9.17, 15) is 75.2 Å². The normalized spacial score (nSPS) is 31.5. The van der Waals surface area contributed by atoms with Gasteiger partial charge in [0.25, 0.3) is 0 Å². The van der Waals surface area contributed by atoms with E-state index >= 15 is 0 Å². The van der Waals surface area contributed by atoms with Crippen LogP contribution in [0.15, 0.2) is 36.5 Å². The average Bonchev–Trinajstić information content (AvgIpc) is 3.46. The Kier molecular flexibility index (Phi) is 36.7. The maximum absolute atomic E-state index is 14.0. The zero-order valence-electron chi connectivity index (χ0n) is 47.1. The van der Waals surface area contributed by atoms with Gasteiger partial charge in [0.2, 0.25) is 0 Å². The first-order valence-corrected chi connectivity index (χ1v) is 30.9. The molecule has 0 aromatic heterocycles. The van der Waals surface area contributed by atoms with Gasteiger partial charge >= 0.3 is 19.8 Å². The largest absolute Gasteiger partial charge is 0.472 e. The van der Waals surface area contributed by atoms with E-state index in [1.165, 1.54) is 96.0 Å². The summed E-state index contributed by atoms with van der Waals surface area (Å²) in [6, 6.07) is 0. The lowest BCUT2D eigenvalue weighted by molar-refractivity contribution is -0.360. The summed E-state index contributed by atoms with van der Waals surface area (Å²) in [6.45, 7) is 0.863. The molecule has 2 saturated heterocycles. The number of carbonyl (C=O) groups excluding carboxylic acids is 2. The molecule has 80 heavy (non-hydrogen) atoms. The van der Waals surface area contributed by atoms with E-state index in [2.05, 4.69) is 26.0 Å². The summed E-state index contributed by atoms with van der Waals surface area (Å²) < 4.78 is 57.8. The van der Waals surface area contributed by atoms with Crippen LogP contribution in [0.2, 0.25) is 0 Å². The molecule has 0 amide bonds. The summed E-state index contributed by atoms with van der Waals surface area (Å²) in [4.78, 5) is 37.3. The number of aliphatic hydroxyl groups is 11. The summed E-state index contributed by atoms with van der Waals surface area (Å²) in [5.74, 6) is -1.61. The van der Waals surface area contributed by atoms with Gasteiger partial charge < -0.3 is 89.5 Å². The number of carbonyl (C=O) groups is 2. The van der Waals surface area contributed by atoms with Gasteiger partial charge in [0.1, 0.15) is 92.1 Å². The third kappa shape index (κ3) is 26.3. The summed E-state index contributed by atoms with van der Waals surface area (Å²) >= 11 is 0. The molecule has 0 bridgehead atoms. The number of unbranched alkanes of at least 4 members (excludes halogenated alkanes) is 21. The monoisotopic (exact) mass is 1170 g/mol. The second-order valence-electron chi connectivity index (χ2n) is 21.2. The summed E-state index contributed by atoms with van der Waals surface area (Å²) in [7, 11) is -5.66. The van der Waals surface area contributed by atoms with Crippen molar-refractivity contribution in [1.82, 2.24) is 0 Å². The van der Waals surface area contributed by atoms with Crippen molar-refractivity contribution < 1.29 is 113 Å². The molecule has 3 aliphatic rings. The lowest BCUT2D eigenvalue weighted by Crippen LogP contribution is -2.69. The number of phosphoric ester groups is 1. The zero-order chi connectivity index (χ0) is 58.9. The molecule has 16 unspecified atom stereocenters. The van der Waals surface area contributed by atoms with Gasteiger partial charge in [0.05, 0.1) is 19.8 Å². The van der Waals surface area contributed by atoms with Crippen molar-refractivity contribution in [3.05, 3.63) is 36.5 Å². The highest BCUT2D eigenvalue weighted by molar-refractivity contribution is 7.47. The van der Waals surface area contributed by atoms with Gasteiger partial charge in [0, 0.05) is 12.5 Å². The number of rotatable bonds is 42. The average molecular weight is 1170 g/mol. The zero-order valence-corrected chi connectivity index (χ0v) is 48.0. The van der Waals surface area contributed by atoms with Gasteiger partial charge in [0.15, 0.2) is 18.7 Å². The van der Waals surface area contributed by atoms with Crippen molar-refractivity contribution in [1.29, 1.82) is 0 Å². The molecule has 0 aromatic carbocycles. The standard InChI is InChI=1S/C56H99O23P/c1-3-5-7-9-11-13-15-17-19-21-22-24-26-28-30-32-41(59)72-36-38(74-42(60)33-31-29-27-25-23-20-18-16-14-12-10-8-6-4-2)37-73-80(70,71)79-54-52(77-55-50(68)45(63)43(61)39(34-57)75-55)48(66)47(65)49(67)53(54)78-56-51(69)46(64)44(62)40(35-58)76-56/h20,23,26,28,30,32,38-40,43-58,61-69H,3-19,21-22,24-25,27,29,31,33-37H2,1-2H3,(H,70,71). The Morgan fingerprint density at radius 2 is 0.912 bits per heavy atom. The Balaban J connectivity index is 1.73. The van der Waals surface area contributed by atoms with E-state index in [-0.39, 0.29) is 6.42 Å². The summed E-state index contributed by atoms with van der Waals surface area (Å²) in [5.41, 5.74) is 0. The molecule has 3 rings (SSSR count). The van der Waals surface area contributed by atoms with Gasteiger partial charge in [-0.15, -0.1) is 0 Å². The number of allylic oxidation sites excluding steroid dienone is 5. The molecule has 1 aliphatic carbocycles. The third-order valence-corrected chi connectivity index (χ3v) is 15.5. The van der Waals surface area contributed by atoms with Crippen LogP contribution in [0.4, 0.5) is 0 Å². The van der Waals surface area contributed by atoms with Gasteiger partial charge in [-0.2, -0.15) is 0 Å². The number of hydrogen-bond donors (Lipinski definition) is 12. The smallest absolute Gasteiger partial charge is 0.458 e. The summed E-state index contributed by atoms with van der Waals surface area (Å²) in [5, 5.41) is 117. The van der Waals surface area contributed by atoms with Gasteiger partial charge in [-0.3, -0.25) is 13.8 Å². The lowest BCUT2D eigenvalue weighted by atomic mass is 9.84. The van der Waals surface area contributed by atoms with Crippen molar-refractivity contribution in [2.24, 2.45) is 0 Å². The highest BCUT2D eigenvalue weighted by atomic mass is 31.2. The van der Waals surface area contributed by atoms with Crippen LogP contribution in [0.25, 0.3) is 0 Å². The highest BCUT2D eigenvalue weighted by Crippen LogP contribution is 2.49. The molecule has 3 fully saturated rings. The van der Waals surface area contributed by atoms with E-state index in [0.717, 1.165) is 57.4 Å². The van der Waals surface area contributed by atoms with Crippen LogP contribution in [-0.4, -0.2) is 204 Å². The topological polar surface area (TPSA) is 368 Å². The number of phosphoric acid groups is 1. The highest BCUT2D eigenvalue weighted by Gasteiger charge is 2.58. The second kappa shape index (κ2) is 40.8. The van der Waals surface area contributed by atoms with Crippen LogP contribution in [-0.2, 0) is 51.6 Å². The minimum Gasteiger partial charge on any atom is -0.458 e. The molecule has 24 heteroatoms. The minimum absolute atomic E-state index is 0.0720. The first kappa shape index (κ1) is 71.9. The molecular formula is C56H99O23P. The maximum atomic E-state index is 14.0. The quantitative estimate of drug-likeness (QED) is 0.0103. The fraction of sp³-hybridized carbons (Fsp3) is 0.857. The SMILES string of the molecule is CCCCCCCCCC=CCCCCCC(=O)OC(COC(=O)C=CC=CCCCCCCCCCCCCC)COP(=O)(O)OC1C(OC2OC(CO)C(O)C(O)C2O)C(O)C(O)C(O)C1OC1OC(CO)C(O)C(O)C1O. The van der Waals surface area contributed by atoms with Gasteiger partial charge in [-0.1, -0.05) is 153 Å². The van der Waals surface area contributed by atoms with E-state index in [0.29, 0.717) is 12.8 Å². The molecule has 1 saturated carbocycles. The van der Waals surface area contributed by atoms with Crippen molar-refractivity contribution >= 4 is 19.8 Å². The molecule has 2 heterocycles. The van der Waals surface area contributed by atoms with Gasteiger partial charge in [-0.25, -0.2) is 9.36 Å². The predicted octanol–water partition coefficient (Wildman–Crippen LogP) is 3.87. The number of esters is 2. The Morgan fingerprint density at radius 3 is 1.36 bits per heavy atom. The maximum Gasteiger partial charge on any atom is 0.472 e. The van der Waals surface area contributed by atoms with Crippen LogP contribution in [0.3, 0.4) is 0 Å². The molecule has 16 atom stereocenters. The van der Waals surface area contributed by atoms with Crippen LogP contribution in [0, 0.1) is 0 Å². The summed E-state index contributed by atoms with van der Waals surface area (Å²) in [6.07, 6.45) is 2.01. The number of ether oxygens (including phenoxy) is 6. The first-order valence-electron chi connectivity index (χ1n) is 29.4. The van der Waals surface area contributed by atoms with Crippen LogP contribution < -0.4 is 0 Å². The molecule has 0 aromatic rings. The Morgan fingerprint density at radius 1 is 0.500 bits per heavy atom. The second-order valence-corrected chi connectivity index (χ2v) is 22.6. The molecule has 0 radical (unpaired) electrons. The Bertz CT molecular complexity index is 1740. The number of hydrogen-bond acceptors (Lipinski definition) is 22. The van der Waals surface area contributed by atoms with Crippen molar-refractivity contribution in [2.45, 2.75) is 279 Å². The fourth-order valence-electron chi connectivity index (χ4n) is 9.62. The van der Waals surface area contributed by atoms with Crippen LogP contribution in [0.1, 0.15) is 174 Å². The molecule has 2 aliphatic heterocycles. The minimum atomic E-state index is -5.66. The van der Waals surface area contributed by atoms with Crippen molar-refractivity contribution in [3.63, 3.8) is 0 Å². The predicted molar refractivity (Wildman–Crippen MR) is 291 cm³/mol. The number of aliphatic hydroxyl groups excluding tert-OH is 11. The van der Waals surface area contributed by atoms with E-state index in [4.69, 9.17) is 37.5 Å². The lowest BCUT2D eigenvalue weighted by Gasteiger charge is -2.49. The third-order valence-electron chi connectivity index (χ3n) is 14.5. The van der Waals surface area contributed by atoms with E-state index in [1.54, 1.807) is 6.08 Å². The van der Waals surface area contributed by atoms with Crippen molar-refractivity contribution in [2.75, 3.05) is 26.4 Å².